The first kappa shape index (κ1) is 45.1. The Kier molecular flexibility index (Phi) is 11.8. The van der Waals surface area contributed by atoms with Crippen LogP contribution in [0.4, 0.5) is 32.3 Å². The van der Waals surface area contributed by atoms with Crippen LogP contribution in [0, 0.1) is 20.2 Å². The number of carbonyl (C=O) groups is 5. The number of carbonyl (C=O) groups excluding carboxylic acids is 5. The molecule has 65 heavy (non-hydrogen) atoms. The smallest absolute Gasteiger partial charge is 0.411 e. The van der Waals surface area contributed by atoms with Crippen LogP contribution in [0.25, 0.3) is 0 Å². The highest BCUT2D eigenvalue weighted by molar-refractivity contribution is 7.01. The van der Waals surface area contributed by atoms with Gasteiger partial charge in [0, 0.05) is 40.2 Å². The number of hydrogen-bond acceptors (Lipinski definition) is 14. The van der Waals surface area contributed by atoms with E-state index in [1.54, 1.807) is 42.5 Å². The summed E-state index contributed by atoms with van der Waals surface area (Å²) < 4.78 is 26.8. The van der Waals surface area contributed by atoms with E-state index in [-0.39, 0.29) is 39.0 Å². The zero-order valence-electron chi connectivity index (χ0n) is 36.2. The minimum Gasteiger partial charge on any atom is -0.465 e. The Hall–Kier alpha value is -7.93. The van der Waals surface area contributed by atoms with Gasteiger partial charge in [0.1, 0.15) is 21.3 Å². The fraction of sp³-hybridized carbons (Fsp3) is 0.239. The van der Waals surface area contributed by atoms with Gasteiger partial charge in [-0.1, -0.05) is 52.1 Å². The maximum atomic E-state index is 13.9. The first-order valence-electron chi connectivity index (χ1n) is 20.0. The van der Waals surface area contributed by atoms with Crippen LogP contribution in [0.15, 0.2) is 91.0 Å². The van der Waals surface area contributed by atoms with Gasteiger partial charge in [0.15, 0.2) is 5.60 Å². The van der Waals surface area contributed by atoms with E-state index in [2.05, 4.69) is 10.6 Å². The summed E-state index contributed by atoms with van der Waals surface area (Å²) in [5.74, 6) is -2.01. The lowest BCUT2D eigenvalue weighted by Crippen LogP contribution is -2.63. The van der Waals surface area contributed by atoms with Crippen LogP contribution in [0.3, 0.4) is 0 Å². The number of nitro benzene ring substituents is 2. The zero-order valence-corrected chi connectivity index (χ0v) is 37.2. The Morgan fingerprint density at radius 3 is 1.54 bits per heavy atom. The molecule has 1 spiro atoms. The molecule has 0 aromatic heterocycles. The molecule has 0 bridgehead atoms. The molecule has 334 valence electrons. The van der Waals surface area contributed by atoms with Crippen molar-refractivity contribution in [1.82, 2.24) is 0 Å². The quantitative estimate of drug-likeness (QED) is 0.0454. The van der Waals surface area contributed by atoms with Crippen molar-refractivity contribution in [1.29, 1.82) is 0 Å². The third kappa shape index (κ3) is 8.35. The maximum Gasteiger partial charge on any atom is 0.411 e. The van der Waals surface area contributed by atoms with Gasteiger partial charge in [-0.3, -0.25) is 30.9 Å². The molecule has 5 aromatic carbocycles. The monoisotopic (exact) mass is 902 g/mol. The molecule has 0 radical (unpaired) electrons. The first-order chi connectivity index (χ1) is 30.7. The van der Waals surface area contributed by atoms with E-state index in [9.17, 15) is 44.2 Å². The minimum absolute atomic E-state index is 0.0290. The van der Waals surface area contributed by atoms with Crippen LogP contribution in [0.2, 0.25) is 13.1 Å². The molecule has 0 saturated heterocycles. The number of hydrogen-bond donors (Lipinski definition) is 2. The molecule has 2 aliphatic rings. The summed E-state index contributed by atoms with van der Waals surface area (Å²) in [6, 6.07) is 23.1. The summed E-state index contributed by atoms with van der Waals surface area (Å²) in [7, 11) is -0.589. The van der Waals surface area contributed by atoms with Crippen LogP contribution in [0.1, 0.15) is 85.2 Å². The van der Waals surface area contributed by atoms with E-state index in [1.807, 2.05) is 46.0 Å². The number of ether oxygens (including phenoxy) is 5. The summed E-state index contributed by atoms with van der Waals surface area (Å²) in [6.07, 6.45) is -1.90. The van der Waals surface area contributed by atoms with Gasteiger partial charge in [-0.15, -0.1) is 0 Å². The largest absolute Gasteiger partial charge is 0.465 e. The molecule has 18 nitrogen and oxygen atoms in total. The lowest BCUT2D eigenvalue weighted by Gasteiger charge is -2.44. The predicted octanol–water partition coefficient (Wildman–Crippen LogP) is 7.47. The summed E-state index contributed by atoms with van der Waals surface area (Å²) in [5.41, 5.74) is 1.28. The van der Waals surface area contributed by atoms with Crippen LogP contribution in [-0.2, 0) is 47.9 Å². The van der Waals surface area contributed by atoms with Gasteiger partial charge in [0.25, 0.3) is 11.4 Å². The Morgan fingerprint density at radius 1 is 0.662 bits per heavy atom. The van der Waals surface area contributed by atoms with E-state index in [4.69, 9.17) is 23.7 Å². The van der Waals surface area contributed by atoms with Gasteiger partial charge in [-0.25, -0.2) is 24.0 Å². The predicted molar refractivity (Wildman–Crippen MR) is 237 cm³/mol. The molecule has 0 aliphatic carbocycles. The molecule has 2 heterocycles. The van der Waals surface area contributed by atoms with E-state index < -0.39 is 66.8 Å². The lowest BCUT2D eigenvalue weighted by molar-refractivity contribution is -0.386. The third-order valence-electron chi connectivity index (χ3n) is 11.5. The molecule has 5 aromatic rings. The second kappa shape index (κ2) is 17.0. The Balaban J connectivity index is 1.24. The van der Waals surface area contributed by atoms with Crippen molar-refractivity contribution in [3.63, 3.8) is 0 Å². The van der Waals surface area contributed by atoms with Gasteiger partial charge in [0.2, 0.25) is 0 Å². The number of nitrogens with zero attached hydrogens (tertiary/aromatic N) is 2. The number of benzene rings is 5. The van der Waals surface area contributed by atoms with E-state index in [0.29, 0.717) is 33.6 Å². The Morgan fingerprint density at radius 2 is 1.12 bits per heavy atom. The number of nitro groups is 2. The summed E-state index contributed by atoms with van der Waals surface area (Å²) in [5, 5.41) is 30.4. The highest BCUT2D eigenvalue weighted by Crippen LogP contribution is 2.50. The number of esters is 3. The van der Waals surface area contributed by atoms with Crippen molar-refractivity contribution >= 4 is 71.3 Å². The Bertz CT molecular complexity index is 2720. The molecule has 0 saturated carbocycles. The molecule has 0 atom stereocenters. The highest BCUT2D eigenvalue weighted by atomic mass is 28.3. The number of anilines is 2. The van der Waals surface area contributed by atoms with Crippen molar-refractivity contribution in [2.45, 2.75) is 58.1 Å². The lowest BCUT2D eigenvalue weighted by atomic mass is 9.76. The number of fused-ring (bicyclic) bond motifs is 6. The van der Waals surface area contributed by atoms with E-state index in [1.165, 1.54) is 38.5 Å². The normalized spacial score (nSPS) is 13.9. The molecule has 2 amide bonds. The van der Waals surface area contributed by atoms with E-state index in [0.717, 1.165) is 28.1 Å². The van der Waals surface area contributed by atoms with Crippen molar-refractivity contribution in [3.8, 4) is 0 Å². The number of rotatable bonds is 10. The summed E-state index contributed by atoms with van der Waals surface area (Å²) in [4.78, 5) is 86.9. The average molecular weight is 903 g/mol. The van der Waals surface area contributed by atoms with E-state index >= 15 is 0 Å². The molecular weight excluding hydrogens is 861 g/mol. The second-order valence-corrected chi connectivity index (χ2v) is 21.1. The minimum atomic E-state index is -2.92. The van der Waals surface area contributed by atoms with Crippen molar-refractivity contribution in [3.05, 3.63) is 161 Å². The maximum absolute atomic E-state index is 13.9. The van der Waals surface area contributed by atoms with Crippen LogP contribution in [-0.4, -0.2) is 62.2 Å². The zero-order chi connectivity index (χ0) is 47.2. The third-order valence-corrected chi connectivity index (χ3v) is 15.0. The van der Waals surface area contributed by atoms with Gasteiger partial charge in [-0.05, 0) is 82.0 Å². The molecular formula is C46H42N4O14Si. The van der Waals surface area contributed by atoms with Crippen molar-refractivity contribution in [2.24, 2.45) is 0 Å². The molecule has 7 rings (SSSR count). The number of nitrogens with one attached hydrogen (secondary N) is 2. The molecule has 2 aliphatic heterocycles. The fourth-order valence-corrected chi connectivity index (χ4v) is 11.3. The van der Waals surface area contributed by atoms with Gasteiger partial charge in [-0.2, -0.15) is 0 Å². The standard InChI is InChI=1S/C46H42N4O14Si/c1-45(2,3)29-10-13-32-35(20-29)46(64-42(32)53)33-14-11-30(47-43(54)62-23-27-18-25(40(51)60-4)8-16-36(27)49(56)57)21-38(33)65(6,7)39-22-31(12-15-34(39)46)48-44(55)63-24-28-19-26(41(52)61-5)9-17-37(28)50(58)59/h8-22H,23-24H2,1-7H3,(H,47,54)(H,48,55). The van der Waals surface area contributed by atoms with Gasteiger partial charge in [0.05, 0.1) is 51.9 Å². The van der Waals surface area contributed by atoms with Crippen molar-refractivity contribution in [2.75, 3.05) is 24.9 Å². The number of amides is 2. The first-order valence-corrected chi connectivity index (χ1v) is 23.0. The molecule has 0 fully saturated rings. The molecule has 0 unspecified atom stereocenters. The summed E-state index contributed by atoms with van der Waals surface area (Å²) in [6.45, 7) is 9.15. The van der Waals surface area contributed by atoms with Gasteiger partial charge >= 0.3 is 30.1 Å². The topological polar surface area (TPSA) is 242 Å². The molecule has 2 N–H and O–H groups in total. The molecule has 19 heteroatoms. The average Bonchev–Trinajstić information content (AvgIpc) is 3.57. The SMILES string of the molecule is COC(=O)c1ccc([N+](=O)[O-])c(COC(=O)Nc2ccc3c(c2)[Si](C)(C)c2cc(NC(=O)OCc4cc(C(=O)OC)ccc4[N+](=O)[O-])ccc2C32OC(=O)c3ccc(C(C)(C)C)cc32)c1. The Labute approximate surface area is 372 Å². The summed E-state index contributed by atoms with van der Waals surface area (Å²) >= 11 is 0. The van der Waals surface area contributed by atoms with Crippen molar-refractivity contribution < 1.29 is 57.5 Å². The fourth-order valence-electron chi connectivity index (χ4n) is 8.15. The number of methoxy groups -OCH3 is 2. The van der Waals surface area contributed by atoms with Crippen LogP contribution in [0.5, 0.6) is 0 Å². The highest BCUT2D eigenvalue weighted by Gasteiger charge is 2.56. The second-order valence-electron chi connectivity index (χ2n) is 16.8. The van der Waals surface area contributed by atoms with Crippen LogP contribution >= 0.6 is 0 Å². The van der Waals surface area contributed by atoms with Gasteiger partial charge < -0.3 is 23.7 Å². The van der Waals surface area contributed by atoms with Crippen LogP contribution < -0.4 is 21.0 Å².